The van der Waals surface area contributed by atoms with E-state index in [9.17, 15) is 5.26 Å². The molecule has 5 N–H and O–H groups in total. The highest BCUT2D eigenvalue weighted by atomic mass is 16.5. The van der Waals surface area contributed by atoms with E-state index in [0.717, 1.165) is 35.6 Å². The van der Waals surface area contributed by atoms with Gasteiger partial charge in [0.15, 0.2) is 5.82 Å². The number of aliphatic hydroxyl groups is 1. The average Bonchev–Trinajstić information content (AvgIpc) is 3.27. The van der Waals surface area contributed by atoms with Crippen molar-refractivity contribution in [2.75, 3.05) is 36.9 Å². The molecule has 0 saturated carbocycles. The van der Waals surface area contributed by atoms with Crippen molar-refractivity contribution in [1.29, 1.82) is 5.26 Å². The molecule has 1 saturated heterocycles. The van der Waals surface area contributed by atoms with Gasteiger partial charge in [0.25, 0.3) is 5.88 Å². The van der Waals surface area contributed by atoms with E-state index in [1.165, 1.54) is 6.20 Å². The third-order valence-electron chi connectivity index (χ3n) is 4.99. The SMILES string of the molecule is N#Cc1ncc(NC2C=c3cccc(NCCCO)c3=CN2)nc1O[C@@H]1CCNC1. The van der Waals surface area contributed by atoms with E-state index in [2.05, 4.69) is 37.3 Å². The number of fused-ring (bicyclic) bond motifs is 1. The fourth-order valence-corrected chi connectivity index (χ4v) is 3.48. The molecule has 0 bridgehead atoms. The maximum Gasteiger partial charge on any atom is 0.253 e. The Balaban J connectivity index is 1.50. The minimum absolute atomic E-state index is 0.00187. The summed E-state index contributed by atoms with van der Waals surface area (Å²) in [5.41, 5.74) is 1.20. The smallest absolute Gasteiger partial charge is 0.253 e. The van der Waals surface area contributed by atoms with Crippen LogP contribution in [0, 0.1) is 11.3 Å². The van der Waals surface area contributed by atoms with E-state index < -0.39 is 0 Å². The molecule has 156 valence electrons. The molecule has 0 amide bonds. The molecule has 1 unspecified atom stereocenters. The van der Waals surface area contributed by atoms with Crippen molar-refractivity contribution in [2.45, 2.75) is 25.1 Å². The maximum absolute atomic E-state index is 9.31. The third-order valence-corrected chi connectivity index (χ3v) is 4.99. The van der Waals surface area contributed by atoms with Crippen LogP contribution in [0.4, 0.5) is 11.5 Å². The van der Waals surface area contributed by atoms with Crippen LogP contribution in [-0.4, -0.2) is 53.6 Å². The van der Waals surface area contributed by atoms with E-state index >= 15 is 0 Å². The van der Waals surface area contributed by atoms with Gasteiger partial charge < -0.3 is 31.1 Å². The Labute approximate surface area is 174 Å². The van der Waals surface area contributed by atoms with Crippen LogP contribution in [0.15, 0.2) is 24.4 Å². The number of anilines is 2. The first-order valence-corrected chi connectivity index (χ1v) is 10.1. The Hall–Kier alpha value is -3.35. The number of hydrogen-bond donors (Lipinski definition) is 5. The van der Waals surface area contributed by atoms with Gasteiger partial charge in [-0.05, 0) is 36.7 Å². The second kappa shape index (κ2) is 9.43. The van der Waals surface area contributed by atoms with Crippen LogP contribution in [0.25, 0.3) is 12.3 Å². The molecule has 0 spiro atoms. The topological polar surface area (TPSA) is 127 Å². The summed E-state index contributed by atoms with van der Waals surface area (Å²) >= 11 is 0. The minimum Gasteiger partial charge on any atom is -0.471 e. The summed E-state index contributed by atoms with van der Waals surface area (Å²) < 4.78 is 5.88. The number of ether oxygens (including phenoxy) is 1. The molecule has 2 aromatic rings. The van der Waals surface area contributed by atoms with Crippen LogP contribution >= 0.6 is 0 Å². The van der Waals surface area contributed by atoms with Crippen LogP contribution in [-0.2, 0) is 0 Å². The van der Waals surface area contributed by atoms with Crippen molar-refractivity contribution in [2.24, 2.45) is 0 Å². The molecular weight excluding hydrogens is 382 g/mol. The molecule has 30 heavy (non-hydrogen) atoms. The summed E-state index contributed by atoms with van der Waals surface area (Å²) in [6, 6.07) is 8.10. The van der Waals surface area contributed by atoms with Crippen molar-refractivity contribution >= 4 is 23.8 Å². The molecule has 0 radical (unpaired) electrons. The molecular formula is C21H25N7O2. The van der Waals surface area contributed by atoms with E-state index in [-0.39, 0.29) is 30.5 Å². The molecule has 2 aliphatic heterocycles. The highest BCUT2D eigenvalue weighted by Crippen LogP contribution is 2.19. The van der Waals surface area contributed by atoms with Crippen LogP contribution in [0.3, 0.4) is 0 Å². The predicted molar refractivity (Wildman–Crippen MR) is 114 cm³/mol. The first-order valence-electron chi connectivity index (χ1n) is 10.1. The van der Waals surface area contributed by atoms with Gasteiger partial charge in [0.2, 0.25) is 5.69 Å². The number of nitrogens with zero attached hydrogens (tertiary/aromatic N) is 3. The highest BCUT2D eigenvalue weighted by molar-refractivity contribution is 5.56. The summed E-state index contributed by atoms with van der Waals surface area (Å²) in [7, 11) is 0. The van der Waals surface area contributed by atoms with Crippen LogP contribution < -0.4 is 36.4 Å². The second-order valence-corrected chi connectivity index (χ2v) is 7.17. The highest BCUT2D eigenvalue weighted by Gasteiger charge is 2.20. The number of aliphatic hydroxyl groups excluding tert-OH is 1. The van der Waals surface area contributed by atoms with E-state index in [1.807, 2.05) is 30.5 Å². The van der Waals surface area contributed by atoms with Crippen LogP contribution in [0.2, 0.25) is 0 Å². The minimum atomic E-state index is -0.187. The predicted octanol–water partition coefficient (Wildman–Crippen LogP) is -0.557. The number of hydrogen-bond acceptors (Lipinski definition) is 9. The lowest BCUT2D eigenvalue weighted by atomic mass is 10.1. The van der Waals surface area contributed by atoms with Gasteiger partial charge in [0.05, 0.1) is 6.20 Å². The normalized spacial score (nSPS) is 19.5. The van der Waals surface area contributed by atoms with E-state index in [1.54, 1.807) is 0 Å². The van der Waals surface area contributed by atoms with E-state index in [4.69, 9.17) is 9.84 Å². The van der Waals surface area contributed by atoms with Crippen LogP contribution in [0.5, 0.6) is 5.88 Å². The molecule has 1 fully saturated rings. The van der Waals surface area contributed by atoms with E-state index in [0.29, 0.717) is 18.8 Å². The Morgan fingerprint density at radius 1 is 1.37 bits per heavy atom. The zero-order valence-electron chi connectivity index (χ0n) is 16.6. The van der Waals surface area contributed by atoms with Crippen molar-refractivity contribution in [3.05, 3.63) is 40.5 Å². The third kappa shape index (κ3) is 4.62. The fourth-order valence-electron chi connectivity index (χ4n) is 3.48. The molecule has 3 heterocycles. The molecule has 1 aromatic heterocycles. The molecule has 2 atom stereocenters. The van der Waals surface area contributed by atoms with Crippen LogP contribution in [0.1, 0.15) is 18.5 Å². The fraction of sp³-hybridized carbons (Fsp3) is 0.381. The Morgan fingerprint density at radius 3 is 3.10 bits per heavy atom. The Morgan fingerprint density at radius 2 is 2.30 bits per heavy atom. The van der Waals surface area contributed by atoms with Gasteiger partial charge in [-0.3, -0.25) is 0 Å². The lowest BCUT2D eigenvalue weighted by molar-refractivity contribution is 0.212. The van der Waals surface area contributed by atoms with Crippen molar-refractivity contribution < 1.29 is 9.84 Å². The standard InChI is InChI=1S/C21H25N7O2/c22-10-18-21(30-15-5-7-23-11-15)28-20(13-25-18)27-19-9-14-3-1-4-17(16(14)12-26-19)24-6-2-8-29/h1,3-4,9,12-13,15,19,23-24,26,29H,2,5-8,11H2,(H,27,28)/t15-,19?/m1/s1. The van der Waals surface area contributed by atoms with Crippen molar-refractivity contribution in [1.82, 2.24) is 20.6 Å². The zero-order valence-corrected chi connectivity index (χ0v) is 16.6. The van der Waals surface area contributed by atoms with Gasteiger partial charge >= 0.3 is 0 Å². The zero-order chi connectivity index (χ0) is 20.8. The molecule has 9 heteroatoms. The van der Waals surface area contributed by atoms with Crippen molar-refractivity contribution in [3.8, 4) is 11.9 Å². The molecule has 9 nitrogen and oxygen atoms in total. The lowest BCUT2D eigenvalue weighted by Crippen LogP contribution is -2.43. The van der Waals surface area contributed by atoms with Gasteiger partial charge in [-0.15, -0.1) is 0 Å². The van der Waals surface area contributed by atoms with Gasteiger partial charge in [-0.25, -0.2) is 4.98 Å². The summed E-state index contributed by atoms with van der Waals surface area (Å²) in [5, 5.41) is 33.6. The summed E-state index contributed by atoms with van der Waals surface area (Å²) in [4.78, 5) is 8.66. The van der Waals surface area contributed by atoms with Gasteiger partial charge in [0.1, 0.15) is 18.3 Å². The summed E-state index contributed by atoms with van der Waals surface area (Å²) in [5.74, 6) is 0.782. The second-order valence-electron chi connectivity index (χ2n) is 7.17. The lowest BCUT2D eigenvalue weighted by Gasteiger charge is -2.20. The van der Waals surface area contributed by atoms with Crippen molar-refractivity contribution in [3.63, 3.8) is 0 Å². The molecule has 2 aliphatic rings. The monoisotopic (exact) mass is 407 g/mol. The number of benzene rings is 1. The van der Waals surface area contributed by atoms with Gasteiger partial charge in [-0.1, -0.05) is 12.1 Å². The van der Waals surface area contributed by atoms with Gasteiger partial charge in [-0.2, -0.15) is 10.2 Å². The number of nitriles is 1. The average molecular weight is 407 g/mol. The van der Waals surface area contributed by atoms with Gasteiger partial charge in [0, 0.05) is 36.8 Å². The maximum atomic E-state index is 9.31. The largest absolute Gasteiger partial charge is 0.471 e. The quantitative estimate of drug-likeness (QED) is 0.366. The number of aromatic nitrogens is 2. The molecule has 0 aliphatic carbocycles. The Bertz CT molecular complexity index is 1040. The first kappa shape index (κ1) is 19.9. The number of nitrogens with one attached hydrogen (secondary N) is 4. The molecule has 4 rings (SSSR count). The summed E-state index contributed by atoms with van der Waals surface area (Å²) in [6.45, 7) is 2.51. The summed E-state index contributed by atoms with van der Waals surface area (Å²) in [6.07, 6.45) is 6.94. The number of rotatable bonds is 8. The first-order chi connectivity index (χ1) is 14.8. The Kier molecular flexibility index (Phi) is 6.27. The molecule has 1 aromatic carbocycles.